The lowest BCUT2D eigenvalue weighted by atomic mass is 10.2. The zero-order valence-electron chi connectivity index (χ0n) is 18.3. The van der Waals surface area contributed by atoms with Gasteiger partial charge in [-0.1, -0.05) is 23.9 Å². The van der Waals surface area contributed by atoms with Crippen molar-refractivity contribution in [1.29, 1.82) is 0 Å². The number of ether oxygens (including phenoxy) is 2. The van der Waals surface area contributed by atoms with Gasteiger partial charge in [-0.05, 0) is 65.4 Å². The number of hydrogen-bond acceptors (Lipinski definition) is 9. The van der Waals surface area contributed by atoms with Crippen LogP contribution in [0.4, 0.5) is 5.82 Å². The third-order valence-electron chi connectivity index (χ3n) is 5.32. The van der Waals surface area contributed by atoms with Crippen LogP contribution in [-0.2, 0) is 24.2 Å². The van der Waals surface area contributed by atoms with Crippen LogP contribution < -0.4 is 20.5 Å². The summed E-state index contributed by atoms with van der Waals surface area (Å²) in [4.78, 5) is 14.7. The van der Waals surface area contributed by atoms with E-state index in [0.29, 0.717) is 40.7 Å². The predicted molar refractivity (Wildman–Crippen MR) is 141 cm³/mol. The Labute approximate surface area is 221 Å². The highest BCUT2D eigenvalue weighted by molar-refractivity contribution is 14.1. The van der Waals surface area contributed by atoms with Gasteiger partial charge in [-0.25, -0.2) is 19.2 Å². The van der Waals surface area contributed by atoms with Crippen molar-refractivity contribution in [1.82, 2.24) is 24.8 Å². The van der Waals surface area contributed by atoms with E-state index in [1.54, 1.807) is 18.2 Å². The maximum absolute atomic E-state index is 11.3. The minimum atomic E-state index is -1.98. The fraction of sp³-hybridized carbons (Fsp3) is 0.227. The van der Waals surface area contributed by atoms with Gasteiger partial charge in [0.2, 0.25) is 6.79 Å². The van der Waals surface area contributed by atoms with Crippen molar-refractivity contribution < 1.29 is 18.2 Å². The van der Waals surface area contributed by atoms with Crippen molar-refractivity contribution in [3.8, 4) is 11.5 Å². The molecule has 1 unspecified atom stereocenters. The molecule has 0 spiro atoms. The van der Waals surface area contributed by atoms with E-state index in [1.165, 1.54) is 18.1 Å². The quantitative estimate of drug-likeness (QED) is 0.144. The van der Waals surface area contributed by atoms with Crippen molar-refractivity contribution >= 4 is 62.4 Å². The lowest BCUT2D eigenvalue weighted by Gasteiger charge is -2.11. The van der Waals surface area contributed by atoms with Crippen molar-refractivity contribution in [2.24, 2.45) is 0 Å². The van der Waals surface area contributed by atoms with Gasteiger partial charge in [0.05, 0.1) is 4.90 Å². The Morgan fingerprint density at radius 2 is 2.06 bits per heavy atom. The summed E-state index contributed by atoms with van der Waals surface area (Å²) in [6.07, 6.45) is 2.26. The molecular formula is C22H21IN6O4S2. The number of benzene rings is 2. The first-order valence-electron chi connectivity index (χ1n) is 10.6. The molecule has 10 nitrogen and oxygen atoms in total. The summed E-state index contributed by atoms with van der Waals surface area (Å²) in [5.74, 6) is 1.80. The monoisotopic (exact) mass is 624 g/mol. The molecule has 2 aromatic carbocycles. The van der Waals surface area contributed by atoms with Crippen molar-refractivity contribution in [2.45, 2.75) is 34.5 Å². The third-order valence-corrected chi connectivity index (χ3v) is 8.29. The summed E-state index contributed by atoms with van der Waals surface area (Å²) >= 11 is 1.81. The summed E-state index contributed by atoms with van der Waals surface area (Å²) in [6, 6.07) is 11.0. The van der Waals surface area contributed by atoms with Crippen molar-refractivity contribution in [3.05, 3.63) is 51.9 Å². The molecule has 2 aromatic heterocycles. The first-order chi connectivity index (χ1) is 17.0. The van der Waals surface area contributed by atoms with Gasteiger partial charge in [0.15, 0.2) is 44.7 Å². The van der Waals surface area contributed by atoms with Crippen molar-refractivity contribution in [3.63, 3.8) is 0 Å². The summed E-state index contributed by atoms with van der Waals surface area (Å²) in [7, 11) is 0. The van der Waals surface area contributed by atoms with Crippen LogP contribution in [0.1, 0.15) is 12.0 Å². The number of nitrogens with two attached hydrogens (primary N) is 1. The van der Waals surface area contributed by atoms with Gasteiger partial charge < -0.3 is 29.6 Å². The first kappa shape index (κ1) is 24.2. The summed E-state index contributed by atoms with van der Waals surface area (Å²) in [5.41, 5.74) is 8.30. The lowest BCUT2D eigenvalue weighted by Crippen LogP contribution is -2.17. The highest BCUT2D eigenvalue weighted by Gasteiger charge is 2.20. The van der Waals surface area contributed by atoms with Crippen LogP contribution in [0.15, 0.2) is 57.7 Å². The van der Waals surface area contributed by atoms with E-state index in [0.717, 1.165) is 37.9 Å². The van der Waals surface area contributed by atoms with Crippen LogP contribution >= 0.6 is 34.4 Å². The molecular weight excluding hydrogens is 603 g/mol. The zero-order valence-corrected chi connectivity index (χ0v) is 22.1. The number of hydrogen-bond donors (Lipinski definition) is 3. The molecule has 13 heteroatoms. The summed E-state index contributed by atoms with van der Waals surface area (Å²) < 4.78 is 34.6. The number of aromatic nitrogens is 4. The second kappa shape index (κ2) is 10.7. The smallest absolute Gasteiger partial charge is 0.231 e. The molecule has 3 heterocycles. The molecule has 0 saturated carbocycles. The van der Waals surface area contributed by atoms with Gasteiger partial charge in [0, 0.05) is 21.6 Å². The van der Waals surface area contributed by atoms with Gasteiger partial charge in [-0.15, -0.1) is 0 Å². The zero-order chi connectivity index (χ0) is 24.4. The maximum Gasteiger partial charge on any atom is 0.231 e. The molecule has 182 valence electrons. The van der Waals surface area contributed by atoms with E-state index in [9.17, 15) is 8.76 Å². The van der Waals surface area contributed by atoms with Crippen LogP contribution in [0, 0.1) is 3.57 Å². The molecule has 4 N–H and O–H groups in total. The van der Waals surface area contributed by atoms with Crippen molar-refractivity contribution in [2.75, 3.05) is 19.1 Å². The minimum Gasteiger partial charge on any atom is -0.454 e. The second-order valence-electron chi connectivity index (χ2n) is 7.64. The standard InChI is InChI=1S/C22H21IN6O4S2/c23-15-8-16-17(33-12-32-16)9-18(15)34-22-28-19-20(24)26-11-27-21(19)29(22)6-2-5-25-10-13-3-1-4-14(7-13)35(30)31/h1,3-4,7-9,11,25H,2,5-6,10,12H2,(H,30,31)(H2,24,26,27). The molecule has 4 aromatic rings. The highest BCUT2D eigenvalue weighted by Crippen LogP contribution is 2.41. The summed E-state index contributed by atoms with van der Waals surface area (Å²) in [5, 5.41) is 4.15. The number of aryl methyl sites for hydroxylation is 1. The average Bonchev–Trinajstić information content (AvgIpc) is 3.44. The number of nitrogen functional groups attached to an aromatic ring is 1. The van der Waals surface area contributed by atoms with Crippen LogP contribution in [0.3, 0.4) is 0 Å². The predicted octanol–water partition coefficient (Wildman–Crippen LogP) is 3.65. The third kappa shape index (κ3) is 5.38. The van der Waals surface area contributed by atoms with Gasteiger partial charge in [-0.2, -0.15) is 0 Å². The summed E-state index contributed by atoms with van der Waals surface area (Å²) in [6.45, 7) is 2.23. The molecule has 35 heavy (non-hydrogen) atoms. The molecule has 1 atom stereocenters. The topological polar surface area (TPSA) is 137 Å². The Balaban J connectivity index is 1.30. The van der Waals surface area contributed by atoms with E-state index in [-0.39, 0.29) is 6.79 Å². The number of rotatable bonds is 9. The molecule has 0 saturated heterocycles. The van der Waals surface area contributed by atoms with Crippen LogP contribution in [0.2, 0.25) is 0 Å². The van der Waals surface area contributed by atoms with Gasteiger partial charge in [0.1, 0.15) is 6.33 Å². The Kier molecular flexibility index (Phi) is 7.38. The number of imidazole rings is 1. The average molecular weight is 624 g/mol. The Bertz CT molecular complexity index is 1420. The Morgan fingerprint density at radius 3 is 2.89 bits per heavy atom. The molecule has 1 aliphatic rings. The fourth-order valence-electron chi connectivity index (χ4n) is 3.65. The number of nitrogens with one attached hydrogen (secondary N) is 1. The lowest BCUT2D eigenvalue weighted by molar-refractivity contribution is 0.174. The normalized spacial score (nSPS) is 13.4. The van der Waals surface area contributed by atoms with E-state index in [1.807, 2.05) is 18.2 Å². The SMILES string of the molecule is Nc1ncnc2c1nc(Sc1cc3c(cc1I)OCO3)n2CCCNCc1cccc(S(=O)O)c1. The molecule has 0 aliphatic carbocycles. The van der Waals surface area contributed by atoms with Crippen LogP contribution in [0.25, 0.3) is 11.2 Å². The van der Waals surface area contributed by atoms with E-state index >= 15 is 0 Å². The van der Waals surface area contributed by atoms with Gasteiger partial charge in [-0.3, -0.25) is 0 Å². The maximum atomic E-state index is 11.3. The molecule has 1 aliphatic heterocycles. The largest absolute Gasteiger partial charge is 0.454 e. The number of nitrogens with zero attached hydrogens (tertiary/aromatic N) is 4. The van der Waals surface area contributed by atoms with E-state index in [2.05, 4.69) is 42.4 Å². The second-order valence-corrected chi connectivity index (χ2v) is 10.8. The van der Waals surface area contributed by atoms with E-state index < -0.39 is 11.1 Å². The number of halogens is 1. The molecule has 0 bridgehead atoms. The Hall–Kier alpha value is -2.46. The van der Waals surface area contributed by atoms with E-state index in [4.69, 9.17) is 20.2 Å². The number of fused-ring (bicyclic) bond motifs is 2. The van der Waals surface area contributed by atoms with Crippen LogP contribution in [-0.4, -0.2) is 41.6 Å². The molecule has 0 radical (unpaired) electrons. The van der Waals surface area contributed by atoms with Gasteiger partial charge >= 0.3 is 0 Å². The first-order valence-corrected chi connectivity index (χ1v) is 13.6. The fourth-order valence-corrected chi connectivity index (χ4v) is 5.81. The molecule has 5 rings (SSSR count). The molecule has 0 fully saturated rings. The Morgan fingerprint density at radius 1 is 1.23 bits per heavy atom. The molecule has 0 amide bonds. The van der Waals surface area contributed by atoms with Gasteiger partial charge in [0.25, 0.3) is 0 Å². The highest BCUT2D eigenvalue weighted by atomic mass is 127. The number of anilines is 1. The minimum absolute atomic E-state index is 0.222. The van der Waals surface area contributed by atoms with Crippen LogP contribution in [0.5, 0.6) is 11.5 Å².